The second-order valence-corrected chi connectivity index (χ2v) is 4.11. The standard InChI is InChI=1S/C8H7ClN4OS/c1-13-4-5(9)2-6(13)8(14)11-7-3-10-12-15-7/h2-4H,1H3,(H,11,14). The Morgan fingerprint density at radius 1 is 1.67 bits per heavy atom. The third kappa shape index (κ3) is 2.16. The first-order valence-corrected chi connectivity index (χ1v) is 5.22. The van der Waals surface area contributed by atoms with E-state index in [0.717, 1.165) is 11.5 Å². The van der Waals surface area contributed by atoms with E-state index in [4.69, 9.17) is 11.6 Å². The molecule has 0 aliphatic rings. The number of aromatic nitrogens is 3. The number of hydrogen-bond acceptors (Lipinski definition) is 4. The molecule has 0 aliphatic carbocycles. The number of rotatable bonds is 2. The average molecular weight is 243 g/mol. The second-order valence-electron chi connectivity index (χ2n) is 2.89. The molecule has 0 unspecified atom stereocenters. The maximum Gasteiger partial charge on any atom is 0.273 e. The van der Waals surface area contributed by atoms with Gasteiger partial charge in [-0.25, -0.2) is 0 Å². The molecule has 0 atom stereocenters. The van der Waals surface area contributed by atoms with Crippen LogP contribution in [0.4, 0.5) is 5.00 Å². The maximum absolute atomic E-state index is 11.7. The minimum Gasteiger partial charge on any atom is -0.345 e. The topological polar surface area (TPSA) is 59.8 Å². The number of aryl methyl sites for hydroxylation is 1. The van der Waals surface area contributed by atoms with Crippen LogP contribution in [-0.2, 0) is 7.05 Å². The number of carbonyl (C=O) groups is 1. The molecule has 0 aliphatic heterocycles. The zero-order valence-corrected chi connectivity index (χ0v) is 9.34. The molecular weight excluding hydrogens is 236 g/mol. The van der Waals surface area contributed by atoms with Crippen molar-refractivity contribution in [3.63, 3.8) is 0 Å². The molecule has 7 heteroatoms. The van der Waals surface area contributed by atoms with E-state index in [-0.39, 0.29) is 5.91 Å². The van der Waals surface area contributed by atoms with Crippen molar-refractivity contribution in [2.45, 2.75) is 0 Å². The molecule has 5 nitrogen and oxygen atoms in total. The smallest absolute Gasteiger partial charge is 0.273 e. The summed E-state index contributed by atoms with van der Waals surface area (Å²) >= 11 is 6.89. The summed E-state index contributed by atoms with van der Waals surface area (Å²) in [6.07, 6.45) is 3.16. The molecule has 2 heterocycles. The van der Waals surface area contributed by atoms with Gasteiger partial charge in [-0.2, -0.15) is 0 Å². The fraction of sp³-hybridized carbons (Fsp3) is 0.125. The molecule has 2 aromatic rings. The molecule has 15 heavy (non-hydrogen) atoms. The van der Waals surface area contributed by atoms with Crippen LogP contribution < -0.4 is 5.32 Å². The number of carbonyl (C=O) groups excluding carboxylic acids is 1. The van der Waals surface area contributed by atoms with Gasteiger partial charge in [0.05, 0.1) is 11.2 Å². The van der Waals surface area contributed by atoms with Gasteiger partial charge in [-0.3, -0.25) is 4.79 Å². The zero-order valence-electron chi connectivity index (χ0n) is 7.77. The molecule has 0 saturated carbocycles. The van der Waals surface area contributed by atoms with Gasteiger partial charge < -0.3 is 9.88 Å². The predicted molar refractivity (Wildman–Crippen MR) is 58.3 cm³/mol. The number of nitrogens with zero attached hydrogens (tertiary/aromatic N) is 3. The summed E-state index contributed by atoms with van der Waals surface area (Å²) in [5, 5.41) is 7.43. The van der Waals surface area contributed by atoms with Gasteiger partial charge >= 0.3 is 0 Å². The lowest BCUT2D eigenvalue weighted by atomic mass is 10.4. The first kappa shape index (κ1) is 10.1. The Bertz CT molecular complexity index is 479. The predicted octanol–water partition coefficient (Wildman–Crippen LogP) is 1.78. The maximum atomic E-state index is 11.7. The summed E-state index contributed by atoms with van der Waals surface area (Å²) in [4.78, 5) is 11.7. The van der Waals surface area contributed by atoms with E-state index in [0.29, 0.717) is 15.7 Å². The molecule has 0 fully saturated rings. The van der Waals surface area contributed by atoms with Crippen molar-refractivity contribution >= 4 is 34.0 Å². The average Bonchev–Trinajstić information content (AvgIpc) is 2.75. The molecule has 0 saturated heterocycles. The minimum absolute atomic E-state index is 0.226. The first-order chi connectivity index (χ1) is 7.16. The summed E-state index contributed by atoms with van der Waals surface area (Å²) in [5.41, 5.74) is 0.494. The van der Waals surface area contributed by atoms with E-state index in [2.05, 4.69) is 14.9 Å². The van der Waals surface area contributed by atoms with Crippen LogP contribution in [0.2, 0.25) is 5.02 Å². The molecule has 0 spiro atoms. The van der Waals surface area contributed by atoms with Crippen LogP contribution in [0.1, 0.15) is 10.5 Å². The van der Waals surface area contributed by atoms with Gasteiger partial charge in [0.25, 0.3) is 5.91 Å². The summed E-state index contributed by atoms with van der Waals surface area (Å²) in [6, 6.07) is 1.60. The van der Waals surface area contributed by atoms with Crippen molar-refractivity contribution in [1.82, 2.24) is 14.2 Å². The fourth-order valence-corrected chi connectivity index (χ4v) is 1.81. The van der Waals surface area contributed by atoms with Crippen LogP contribution in [0.25, 0.3) is 0 Å². The van der Waals surface area contributed by atoms with Gasteiger partial charge in [0.2, 0.25) is 0 Å². The monoisotopic (exact) mass is 242 g/mol. The number of hydrogen-bond donors (Lipinski definition) is 1. The van der Waals surface area contributed by atoms with E-state index < -0.39 is 0 Å². The minimum atomic E-state index is -0.226. The Hall–Kier alpha value is -1.40. The van der Waals surface area contributed by atoms with Crippen LogP contribution in [0.15, 0.2) is 18.5 Å². The lowest BCUT2D eigenvalue weighted by molar-refractivity contribution is 0.101. The summed E-state index contributed by atoms with van der Waals surface area (Å²) in [5.74, 6) is -0.226. The Labute approximate surface area is 94.8 Å². The van der Waals surface area contributed by atoms with E-state index in [9.17, 15) is 4.79 Å². The van der Waals surface area contributed by atoms with E-state index >= 15 is 0 Å². The van der Waals surface area contributed by atoms with E-state index in [1.807, 2.05) is 0 Å². The lowest BCUT2D eigenvalue weighted by Crippen LogP contribution is -2.14. The van der Waals surface area contributed by atoms with Gasteiger partial charge in [0, 0.05) is 24.8 Å². The van der Waals surface area contributed by atoms with Crippen LogP contribution >= 0.6 is 23.1 Å². The quantitative estimate of drug-likeness (QED) is 0.873. The molecule has 0 radical (unpaired) electrons. The highest BCUT2D eigenvalue weighted by atomic mass is 35.5. The highest BCUT2D eigenvalue weighted by Gasteiger charge is 2.11. The van der Waals surface area contributed by atoms with Crippen molar-refractivity contribution in [2.24, 2.45) is 7.05 Å². The lowest BCUT2D eigenvalue weighted by Gasteiger charge is -2.01. The molecule has 2 aromatic heterocycles. The van der Waals surface area contributed by atoms with Crippen molar-refractivity contribution in [3.8, 4) is 0 Å². The van der Waals surface area contributed by atoms with Crippen LogP contribution in [0, 0.1) is 0 Å². The summed E-state index contributed by atoms with van der Waals surface area (Å²) < 4.78 is 5.30. The first-order valence-electron chi connectivity index (χ1n) is 4.07. The van der Waals surface area contributed by atoms with Crippen LogP contribution in [-0.4, -0.2) is 20.1 Å². The largest absolute Gasteiger partial charge is 0.345 e. The summed E-state index contributed by atoms with van der Waals surface area (Å²) in [7, 11) is 1.76. The third-order valence-corrected chi connectivity index (χ3v) is 2.59. The molecule has 2 rings (SSSR count). The highest BCUT2D eigenvalue weighted by Crippen LogP contribution is 2.15. The van der Waals surface area contributed by atoms with Crippen molar-refractivity contribution in [2.75, 3.05) is 5.32 Å². The van der Waals surface area contributed by atoms with E-state index in [1.165, 1.54) is 6.20 Å². The Kier molecular flexibility index (Phi) is 2.70. The Balaban J connectivity index is 2.18. The molecular formula is C8H7ClN4OS. The highest BCUT2D eigenvalue weighted by molar-refractivity contribution is 7.10. The normalized spacial score (nSPS) is 10.3. The molecule has 78 valence electrons. The van der Waals surface area contributed by atoms with Crippen molar-refractivity contribution in [3.05, 3.63) is 29.2 Å². The van der Waals surface area contributed by atoms with Crippen molar-refractivity contribution in [1.29, 1.82) is 0 Å². The molecule has 1 N–H and O–H groups in total. The Morgan fingerprint density at radius 3 is 3.00 bits per heavy atom. The van der Waals surface area contributed by atoms with Crippen LogP contribution in [0.5, 0.6) is 0 Å². The van der Waals surface area contributed by atoms with Gasteiger partial charge in [-0.15, -0.1) is 5.10 Å². The molecule has 0 aromatic carbocycles. The van der Waals surface area contributed by atoms with Crippen molar-refractivity contribution < 1.29 is 4.79 Å². The zero-order chi connectivity index (χ0) is 10.8. The van der Waals surface area contributed by atoms with Gasteiger partial charge in [-0.05, 0) is 6.07 Å². The number of halogens is 1. The molecule has 1 amide bonds. The fourth-order valence-electron chi connectivity index (χ4n) is 1.15. The second kappa shape index (κ2) is 4.00. The number of amides is 1. The number of anilines is 1. The van der Waals surface area contributed by atoms with Gasteiger partial charge in [-0.1, -0.05) is 16.1 Å². The van der Waals surface area contributed by atoms with Gasteiger partial charge in [0.1, 0.15) is 10.7 Å². The summed E-state index contributed by atoms with van der Waals surface area (Å²) in [6.45, 7) is 0. The third-order valence-electron chi connectivity index (χ3n) is 1.80. The molecule has 0 bridgehead atoms. The van der Waals surface area contributed by atoms with E-state index in [1.54, 1.807) is 23.9 Å². The van der Waals surface area contributed by atoms with Gasteiger partial charge in [0.15, 0.2) is 0 Å². The number of nitrogens with one attached hydrogen (secondary N) is 1. The SMILES string of the molecule is Cn1cc(Cl)cc1C(=O)Nc1cnns1. The van der Waals surface area contributed by atoms with Crippen LogP contribution in [0.3, 0.4) is 0 Å². The Morgan fingerprint density at radius 2 is 2.47 bits per heavy atom.